The highest BCUT2D eigenvalue weighted by Crippen LogP contribution is 2.28. The number of rotatable bonds is 5. The van der Waals surface area contributed by atoms with Crippen molar-refractivity contribution >= 4 is 45.0 Å². The molecule has 0 saturated heterocycles. The number of anilines is 1. The summed E-state index contributed by atoms with van der Waals surface area (Å²) in [6, 6.07) is 13.3. The second-order valence-corrected chi connectivity index (χ2v) is 6.33. The molecule has 2 aromatic rings. The van der Waals surface area contributed by atoms with Crippen molar-refractivity contribution in [2.45, 2.75) is 4.90 Å². The molecule has 0 aromatic heterocycles. The van der Waals surface area contributed by atoms with E-state index in [1.54, 1.807) is 17.8 Å². The predicted molar refractivity (Wildman–Crippen MR) is 86.2 cm³/mol. The average molecular weight is 359 g/mol. The zero-order valence-electron chi connectivity index (χ0n) is 10.1. The molecule has 2 rings (SSSR count). The smallest absolute Gasteiger partial charge is 0.120 e. The van der Waals surface area contributed by atoms with Gasteiger partial charge in [-0.25, -0.2) is 0 Å². The summed E-state index contributed by atoms with van der Waals surface area (Å²) in [5.74, 6) is 1.67. The minimum Gasteiger partial charge on any atom is -0.493 e. The van der Waals surface area contributed by atoms with Gasteiger partial charge in [0.05, 0.1) is 6.61 Å². The van der Waals surface area contributed by atoms with E-state index in [4.69, 9.17) is 22.1 Å². The molecule has 5 heteroatoms. The molecule has 19 heavy (non-hydrogen) atoms. The molecule has 0 heterocycles. The number of nitrogens with two attached hydrogens (primary N) is 1. The van der Waals surface area contributed by atoms with Crippen LogP contribution >= 0.6 is 39.3 Å². The van der Waals surface area contributed by atoms with Crippen LogP contribution in [0.1, 0.15) is 0 Å². The van der Waals surface area contributed by atoms with Gasteiger partial charge in [0.2, 0.25) is 0 Å². The lowest BCUT2D eigenvalue weighted by molar-refractivity contribution is 0.344. The van der Waals surface area contributed by atoms with Gasteiger partial charge in [-0.3, -0.25) is 0 Å². The zero-order chi connectivity index (χ0) is 13.7. The largest absolute Gasteiger partial charge is 0.493 e. The van der Waals surface area contributed by atoms with E-state index in [0.717, 1.165) is 26.6 Å². The summed E-state index contributed by atoms with van der Waals surface area (Å²) in [5, 5.41) is 0.699. The molecule has 0 saturated carbocycles. The van der Waals surface area contributed by atoms with Crippen molar-refractivity contribution in [3.8, 4) is 5.75 Å². The van der Waals surface area contributed by atoms with Crippen LogP contribution in [0.5, 0.6) is 5.75 Å². The molecule has 2 aromatic carbocycles. The normalized spacial score (nSPS) is 10.4. The van der Waals surface area contributed by atoms with Crippen LogP contribution in [0.4, 0.5) is 5.69 Å². The van der Waals surface area contributed by atoms with Crippen LogP contribution in [-0.4, -0.2) is 12.4 Å². The van der Waals surface area contributed by atoms with Gasteiger partial charge >= 0.3 is 0 Å². The Hall–Kier alpha value is -0.840. The van der Waals surface area contributed by atoms with Crippen LogP contribution in [0.15, 0.2) is 51.8 Å². The molecule has 2 N–H and O–H groups in total. The first-order valence-electron chi connectivity index (χ1n) is 5.71. The van der Waals surface area contributed by atoms with Gasteiger partial charge in [-0.15, -0.1) is 11.8 Å². The minimum atomic E-state index is 0.618. The molecule has 0 atom stereocenters. The first kappa shape index (κ1) is 14.6. The third kappa shape index (κ3) is 4.64. The fourth-order valence-electron chi connectivity index (χ4n) is 1.50. The molecule has 0 radical (unpaired) electrons. The Bertz CT molecular complexity index is 565. The molecule has 0 bridgehead atoms. The van der Waals surface area contributed by atoms with Gasteiger partial charge < -0.3 is 10.5 Å². The fourth-order valence-corrected chi connectivity index (χ4v) is 2.95. The predicted octanol–water partition coefficient (Wildman–Crippen LogP) is 4.86. The molecule has 0 spiro atoms. The Balaban J connectivity index is 1.82. The van der Waals surface area contributed by atoms with Crippen LogP contribution in [-0.2, 0) is 0 Å². The Morgan fingerprint density at radius 2 is 2.05 bits per heavy atom. The number of halogens is 2. The van der Waals surface area contributed by atoms with Crippen LogP contribution in [0.3, 0.4) is 0 Å². The SMILES string of the molecule is Nc1ccc(Cl)cc1SCCOc1cccc(Br)c1. The second kappa shape index (κ2) is 7.08. The lowest BCUT2D eigenvalue weighted by Gasteiger charge is -2.08. The number of benzene rings is 2. The number of hydrogen-bond acceptors (Lipinski definition) is 3. The standard InChI is InChI=1S/C14H13BrClNOS/c15-10-2-1-3-12(8-10)18-6-7-19-14-9-11(16)4-5-13(14)17/h1-5,8-9H,6-7,17H2. The molecular formula is C14H13BrClNOS. The lowest BCUT2D eigenvalue weighted by Crippen LogP contribution is -2.00. The topological polar surface area (TPSA) is 35.2 Å². The van der Waals surface area contributed by atoms with Crippen molar-refractivity contribution in [1.29, 1.82) is 0 Å². The maximum Gasteiger partial charge on any atom is 0.120 e. The van der Waals surface area contributed by atoms with Crippen LogP contribution in [0.25, 0.3) is 0 Å². The highest BCUT2D eigenvalue weighted by molar-refractivity contribution is 9.10. The van der Waals surface area contributed by atoms with E-state index in [2.05, 4.69) is 15.9 Å². The quantitative estimate of drug-likeness (QED) is 0.471. The van der Waals surface area contributed by atoms with Crippen LogP contribution in [0, 0.1) is 0 Å². The highest BCUT2D eigenvalue weighted by Gasteiger charge is 2.01. The summed E-state index contributed by atoms with van der Waals surface area (Å²) in [6.45, 7) is 0.618. The van der Waals surface area contributed by atoms with Crippen LogP contribution < -0.4 is 10.5 Å². The van der Waals surface area contributed by atoms with Crippen molar-refractivity contribution in [2.24, 2.45) is 0 Å². The first-order valence-corrected chi connectivity index (χ1v) is 7.87. The molecular weight excluding hydrogens is 346 g/mol. The second-order valence-electron chi connectivity index (χ2n) is 3.84. The molecule has 0 aliphatic heterocycles. The molecule has 0 fully saturated rings. The van der Waals surface area contributed by atoms with E-state index in [1.807, 2.05) is 36.4 Å². The minimum absolute atomic E-state index is 0.618. The van der Waals surface area contributed by atoms with Gasteiger partial charge in [0.25, 0.3) is 0 Å². The van der Waals surface area contributed by atoms with E-state index in [0.29, 0.717) is 11.6 Å². The molecule has 100 valence electrons. The third-order valence-corrected chi connectivity index (χ3v) is 4.15. The molecule has 0 aliphatic carbocycles. The average Bonchev–Trinajstić information content (AvgIpc) is 2.39. The number of thioether (sulfide) groups is 1. The molecule has 0 amide bonds. The maximum atomic E-state index is 5.94. The van der Waals surface area contributed by atoms with E-state index in [1.165, 1.54) is 0 Å². The summed E-state index contributed by atoms with van der Waals surface area (Å²) >= 11 is 11.0. The lowest BCUT2D eigenvalue weighted by atomic mass is 10.3. The zero-order valence-corrected chi connectivity index (χ0v) is 13.3. The number of nitrogen functional groups attached to an aromatic ring is 1. The molecule has 0 unspecified atom stereocenters. The summed E-state index contributed by atoms with van der Waals surface area (Å²) < 4.78 is 6.66. The summed E-state index contributed by atoms with van der Waals surface area (Å²) in [6.07, 6.45) is 0. The van der Waals surface area contributed by atoms with Crippen molar-refractivity contribution in [3.63, 3.8) is 0 Å². The van der Waals surface area contributed by atoms with Crippen molar-refractivity contribution in [1.82, 2.24) is 0 Å². The molecule has 0 aliphatic rings. The summed E-state index contributed by atoms with van der Waals surface area (Å²) in [7, 11) is 0. The van der Waals surface area contributed by atoms with Crippen molar-refractivity contribution in [2.75, 3.05) is 18.1 Å². The van der Waals surface area contributed by atoms with Gasteiger partial charge in [0.1, 0.15) is 5.75 Å². The Labute approximate surface area is 130 Å². The fraction of sp³-hybridized carbons (Fsp3) is 0.143. The van der Waals surface area contributed by atoms with Crippen LogP contribution in [0.2, 0.25) is 5.02 Å². The van der Waals surface area contributed by atoms with E-state index < -0.39 is 0 Å². The van der Waals surface area contributed by atoms with Gasteiger partial charge in [-0.2, -0.15) is 0 Å². The Kier molecular flexibility index (Phi) is 5.43. The molecule has 2 nitrogen and oxygen atoms in total. The number of ether oxygens (including phenoxy) is 1. The van der Waals surface area contributed by atoms with Crippen molar-refractivity contribution < 1.29 is 4.74 Å². The highest BCUT2D eigenvalue weighted by atomic mass is 79.9. The van der Waals surface area contributed by atoms with Gasteiger partial charge in [0, 0.05) is 25.8 Å². The monoisotopic (exact) mass is 357 g/mol. The first-order chi connectivity index (χ1) is 9.15. The van der Waals surface area contributed by atoms with Gasteiger partial charge in [0.15, 0.2) is 0 Å². The van der Waals surface area contributed by atoms with E-state index in [-0.39, 0.29) is 0 Å². The number of hydrogen-bond donors (Lipinski definition) is 1. The summed E-state index contributed by atoms with van der Waals surface area (Å²) in [4.78, 5) is 0.991. The van der Waals surface area contributed by atoms with Gasteiger partial charge in [-0.05, 0) is 36.4 Å². The van der Waals surface area contributed by atoms with E-state index >= 15 is 0 Å². The summed E-state index contributed by atoms with van der Waals surface area (Å²) in [5.41, 5.74) is 6.62. The van der Waals surface area contributed by atoms with E-state index in [9.17, 15) is 0 Å². The third-order valence-electron chi connectivity index (χ3n) is 2.38. The van der Waals surface area contributed by atoms with Crippen molar-refractivity contribution in [3.05, 3.63) is 52.0 Å². The Morgan fingerprint density at radius 3 is 2.84 bits per heavy atom. The maximum absolute atomic E-state index is 5.94. The van der Waals surface area contributed by atoms with Gasteiger partial charge in [-0.1, -0.05) is 33.6 Å². The Morgan fingerprint density at radius 1 is 1.21 bits per heavy atom.